The summed E-state index contributed by atoms with van der Waals surface area (Å²) < 4.78 is 68.3. The van der Waals surface area contributed by atoms with E-state index < -0.39 is 97.5 Å². The lowest BCUT2D eigenvalue weighted by molar-refractivity contribution is -0.161. The standard InChI is InChI=1S/C73H134O17P2/c1-5-9-13-17-21-25-29-31-33-35-39-41-45-49-53-57-70(75)83-63-68(89-72(77)59-55-51-47-43-37-27-23-19-15-11-7-3)65-87-91(79,80)85-61-67(74)62-86-92(81,82)88-66-69(90-73(78)60-56-52-48-44-38-28-24-20-16-12-8-4)64-84-71(76)58-54-50-46-42-40-36-34-32-30-26-22-18-14-10-6-2/h9,13,19,21,23,25,31,33,67-69,74H,5-8,10-12,14-18,20,22,24,26-30,32,34-66H2,1-4H3,(H,79,80)(H,81,82)/b13-9-,23-19-,25-21-,33-31-. The Morgan fingerprint density at radius 2 is 0.576 bits per heavy atom. The number of rotatable bonds is 70. The summed E-state index contributed by atoms with van der Waals surface area (Å²) in [6.07, 6.45) is 61.2. The van der Waals surface area contributed by atoms with Crippen molar-refractivity contribution in [3.8, 4) is 0 Å². The zero-order valence-electron chi connectivity index (χ0n) is 58.5. The number of allylic oxidation sites excluding steroid dienone is 8. The molecule has 0 aliphatic carbocycles. The van der Waals surface area contributed by atoms with Gasteiger partial charge in [0.1, 0.15) is 19.3 Å². The number of carbonyl (C=O) groups excluding carboxylic acids is 4. The third-order valence-corrected chi connectivity index (χ3v) is 17.7. The van der Waals surface area contributed by atoms with Crippen molar-refractivity contribution in [1.82, 2.24) is 0 Å². The summed E-state index contributed by atoms with van der Waals surface area (Å²) in [6.45, 7) is 4.73. The fraction of sp³-hybridized carbons (Fsp3) is 0.836. The molecule has 0 aliphatic heterocycles. The fourth-order valence-electron chi connectivity index (χ4n) is 10.2. The molecule has 0 bridgehead atoms. The minimum atomic E-state index is -4.96. The van der Waals surface area contributed by atoms with E-state index in [1.807, 2.05) is 0 Å². The number of aliphatic hydroxyl groups is 1. The molecule has 19 heteroatoms. The first-order valence-corrected chi connectivity index (χ1v) is 39.9. The zero-order chi connectivity index (χ0) is 67.5. The van der Waals surface area contributed by atoms with Crippen molar-refractivity contribution in [2.24, 2.45) is 0 Å². The van der Waals surface area contributed by atoms with Crippen LogP contribution in [0.3, 0.4) is 0 Å². The Morgan fingerprint density at radius 1 is 0.315 bits per heavy atom. The van der Waals surface area contributed by atoms with Gasteiger partial charge in [-0.2, -0.15) is 0 Å². The molecular formula is C73H134O17P2. The molecule has 0 saturated carbocycles. The number of hydrogen-bond acceptors (Lipinski definition) is 15. The first-order chi connectivity index (χ1) is 44.7. The SMILES string of the molecule is CC/C=C\C/C=C\C/C=C\CCCCCCCC(=O)OCC(COP(=O)(O)OCC(O)COP(=O)(O)OCC(COC(=O)CCCCCCCCCCCCCCCCC)OC(=O)CCCCCCCCCCCCC)OC(=O)CCCCCCC/C=C\CCCC. The zero-order valence-corrected chi connectivity index (χ0v) is 60.3. The quantitative estimate of drug-likeness (QED) is 0.0169. The van der Waals surface area contributed by atoms with Crippen LogP contribution in [0.4, 0.5) is 0 Å². The maximum absolute atomic E-state index is 13.0. The molecule has 0 aromatic rings. The van der Waals surface area contributed by atoms with Crippen molar-refractivity contribution in [2.45, 2.75) is 354 Å². The van der Waals surface area contributed by atoms with Gasteiger partial charge in [0, 0.05) is 25.7 Å². The highest BCUT2D eigenvalue weighted by Gasteiger charge is 2.30. The Kier molecular flexibility index (Phi) is 64.5. The smallest absolute Gasteiger partial charge is 0.462 e. The summed E-state index contributed by atoms with van der Waals surface area (Å²) in [5.74, 6) is -2.17. The summed E-state index contributed by atoms with van der Waals surface area (Å²) in [5.41, 5.74) is 0. The average molecular weight is 1350 g/mol. The highest BCUT2D eigenvalue weighted by atomic mass is 31.2. The lowest BCUT2D eigenvalue weighted by Crippen LogP contribution is -2.30. The van der Waals surface area contributed by atoms with Crippen LogP contribution in [0.25, 0.3) is 0 Å². The van der Waals surface area contributed by atoms with Gasteiger partial charge in [-0.3, -0.25) is 37.3 Å². The summed E-state index contributed by atoms with van der Waals surface area (Å²) in [4.78, 5) is 72.6. The topological polar surface area (TPSA) is 237 Å². The molecule has 538 valence electrons. The third-order valence-electron chi connectivity index (χ3n) is 15.8. The van der Waals surface area contributed by atoms with Crippen molar-refractivity contribution < 1.29 is 80.2 Å². The average Bonchev–Trinajstić information content (AvgIpc) is 2.55. The molecule has 0 heterocycles. The summed E-state index contributed by atoms with van der Waals surface area (Å²) in [6, 6.07) is 0. The van der Waals surface area contributed by atoms with Gasteiger partial charge in [0.15, 0.2) is 12.2 Å². The summed E-state index contributed by atoms with van der Waals surface area (Å²) in [5, 5.41) is 10.6. The van der Waals surface area contributed by atoms with Gasteiger partial charge in [-0.15, -0.1) is 0 Å². The number of phosphoric acid groups is 2. The van der Waals surface area contributed by atoms with Gasteiger partial charge in [-0.05, 0) is 77.0 Å². The van der Waals surface area contributed by atoms with Crippen LogP contribution < -0.4 is 0 Å². The molecule has 0 aliphatic rings. The highest BCUT2D eigenvalue weighted by molar-refractivity contribution is 7.47. The maximum Gasteiger partial charge on any atom is 0.472 e. The summed E-state index contributed by atoms with van der Waals surface area (Å²) >= 11 is 0. The Labute approximate surface area is 559 Å². The predicted octanol–water partition coefficient (Wildman–Crippen LogP) is 20.6. The first kappa shape index (κ1) is 89.0. The van der Waals surface area contributed by atoms with Gasteiger partial charge in [0.25, 0.3) is 0 Å². The van der Waals surface area contributed by atoms with Crippen LogP contribution in [0.15, 0.2) is 48.6 Å². The molecule has 5 atom stereocenters. The lowest BCUT2D eigenvalue weighted by Gasteiger charge is -2.21. The number of phosphoric ester groups is 2. The van der Waals surface area contributed by atoms with E-state index in [9.17, 15) is 43.2 Å². The van der Waals surface area contributed by atoms with E-state index in [-0.39, 0.29) is 25.7 Å². The highest BCUT2D eigenvalue weighted by Crippen LogP contribution is 2.45. The molecule has 0 fully saturated rings. The molecule has 0 spiro atoms. The number of esters is 4. The van der Waals surface area contributed by atoms with E-state index in [0.29, 0.717) is 25.7 Å². The Hall–Kier alpha value is -2.98. The van der Waals surface area contributed by atoms with Crippen LogP contribution in [-0.2, 0) is 65.4 Å². The van der Waals surface area contributed by atoms with E-state index in [4.69, 9.17) is 37.0 Å². The molecule has 0 aromatic carbocycles. The van der Waals surface area contributed by atoms with Gasteiger partial charge in [-0.1, -0.05) is 282 Å². The minimum Gasteiger partial charge on any atom is -0.462 e. The van der Waals surface area contributed by atoms with Crippen LogP contribution in [0.2, 0.25) is 0 Å². The Balaban J connectivity index is 5.27. The number of ether oxygens (including phenoxy) is 4. The van der Waals surface area contributed by atoms with Crippen molar-refractivity contribution in [2.75, 3.05) is 39.6 Å². The molecule has 92 heavy (non-hydrogen) atoms. The van der Waals surface area contributed by atoms with E-state index in [2.05, 4.69) is 76.3 Å². The summed E-state index contributed by atoms with van der Waals surface area (Å²) in [7, 11) is -9.92. The van der Waals surface area contributed by atoms with Gasteiger partial charge in [0.05, 0.1) is 26.4 Å². The van der Waals surface area contributed by atoms with E-state index >= 15 is 0 Å². The molecular weight excluding hydrogens is 1210 g/mol. The van der Waals surface area contributed by atoms with Crippen LogP contribution in [0.1, 0.15) is 336 Å². The molecule has 5 unspecified atom stereocenters. The molecule has 17 nitrogen and oxygen atoms in total. The number of carbonyl (C=O) groups is 4. The number of hydrogen-bond donors (Lipinski definition) is 3. The van der Waals surface area contributed by atoms with E-state index in [0.717, 1.165) is 135 Å². The van der Waals surface area contributed by atoms with Crippen LogP contribution >= 0.6 is 15.6 Å². The minimum absolute atomic E-state index is 0.0847. The molecule has 0 radical (unpaired) electrons. The predicted molar refractivity (Wildman–Crippen MR) is 372 cm³/mol. The largest absolute Gasteiger partial charge is 0.472 e. The third kappa shape index (κ3) is 65.7. The normalized spacial score (nSPS) is 14.3. The van der Waals surface area contributed by atoms with Gasteiger partial charge < -0.3 is 33.8 Å². The van der Waals surface area contributed by atoms with E-state index in [1.54, 1.807) is 0 Å². The van der Waals surface area contributed by atoms with Crippen LogP contribution in [0.5, 0.6) is 0 Å². The second-order valence-electron chi connectivity index (χ2n) is 24.9. The monoisotopic (exact) mass is 1340 g/mol. The molecule has 0 rings (SSSR count). The Morgan fingerprint density at radius 3 is 0.913 bits per heavy atom. The lowest BCUT2D eigenvalue weighted by atomic mass is 10.0. The Bertz CT molecular complexity index is 1940. The van der Waals surface area contributed by atoms with Crippen LogP contribution in [0, 0.1) is 0 Å². The molecule has 3 N–H and O–H groups in total. The van der Waals surface area contributed by atoms with Crippen molar-refractivity contribution >= 4 is 39.5 Å². The van der Waals surface area contributed by atoms with Crippen molar-refractivity contribution in [3.05, 3.63) is 48.6 Å². The van der Waals surface area contributed by atoms with Gasteiger partial charge >= 0.3 is 39.5 Å². The second kappa shape index (κ2) is 66.6. The molecule has 0 saturated heterocycles. The fourth-order valence-corrected chi connectivity index (χ4v) is 11.7. The van der Waals surface area contributed by atoms with Crippen molar-refractivity contribution in [1.29, 1.82) is 0 Å². The molecule has 0 aromatic heterocycles. The van der Waals surface area contributed by atoms with Gasteiger partial charge in [0.2, 0.25) is 0 Å². The molecule has 0 amide bonds. The van der Waals surface area contributed by atoms with E-state index in [1.165, 1.54) is 122 Å². The van der Waals surface area contributed by atoms with Gasteiger partial charge in [-0.25, -0.2) is 9.13 Å². The van der Waals surface area contributed by atoms with Crippen LogP contribution in [-0.4, -0.2) is 96.7 Å². The van der Waals surface area contributed by atoms with Crippen molar-refractivity contribution in [3.63, 3.8) is 0 Å². The second-order valence-corrected chi connectivity index (χ2v) is 27.8. The first-order valence-electron chi connectivity index (χ1n) is 36.9. The number of aliphatic hydroxyl groups excluding tert-OH is 1. The maximum atomic E-state index is 13.0. The number of unbranched alkanes of at least 4 members (excludes halogenated alkanes) is 36.